The van der Waals surface area contributed by atoms with Gasteiger partial charge in [-0.3, -0.25) is 0 Å². The van der Waals surface area contributed by atoms with Crippen LogP contribution in [0.3, 0.4) is 0 Å². The molecule has 0 radical (unpaired) electrons. The average molecular weight is 326 g/mol. The minimum atomic E-state index is 0. The first kappa shape index (κ1) is 14.4. The van der Waals surface area contributed by atoms with Crippen LogP contribution < -0.4 is 0 Å². The van der Waals surface area contributed by atoms with Crippen molar-refractivity contribution in [2.24, 2.45) is 0 Å². The molecule has 0 amide bonds. The van der Waals surface area contributed by atoms with E-state index >= 15 is 0 Å². The van der Waals surface area contributed by atoms with E-state index in [1.165, 1.54) is 22.1 Å². The van der Waals surface area contributed by atoms with Crippen molar-refractivity contribution >= 4 is 27.9 Å². The molecule has 1 N–H and O–H groups in total. The average Bonchev–Trinajstić information content (AvgIpc) is 2.76. The Morgan fingerprint density at radius 1 is 1.05 bits per heavy atom. The fraction of sp³-hybridized carbons (Fsp3) is 0.111. The lowest BCUT2D eigenvalue weighted by atomic mass is 10.0. The molecule has 3 rings (SSSR count). The maximum absolute atomic E-state index is 5.46. The van der Waals surface area contributed by atoms with Gasteiger partial charge in [0.25, 0.3) is 0 Å². The fourth-order valence-corrected chi connectivity index (χ4v) is 2.52. The summed E-state index contributed by atoms with van der Waals surface area (Å²) in [7, 11) is 0. The third kappa shape index (κ3) is 2.50. The third-order valence-electron chi connectivity index (χ3n) is 3.51. The summed E-state index contributed by atoms with van der Waals surface area (Å²) in [5.41, 5.74) is 6.01. The fourth-order valence-electron chi connectivity index (χ4n) is 2.52. The molecular weight excluding hydrogens is 310 g/mol. The van der Waals surface area contributed by atoms with Crippen LogP contribution in [0.1, 0.15) is 11.3 Å². The molecule has 0 saturated carbocycles. The van der Waals surface area contributed by atoms with Crippen molar-refractivity contribution in [3.8, 4) is 23.5 Å². The summed E-state index contributed by atoms with van der Waals surface area (Å²) in [5, 5.41) is 1.23. The van der Waals surface area contributed by atoms with E-state index in [-0.39, 0.29) is 17.0 Å². The Hall–Kier alpha value is -1.98. The summed E-state index contributed by atoms with van der Waals surface area (Å²) >= 11 is 0. The zero-order valence-electron chi connectivity index (χ0n) is 11.3. The van der Waals surface area contributed by atoms with E-state index in [0.717, 1.165) is 11.2 Å². The summed E-state index contributed by atoms with van der Waals surface area (Å²) in [6.07, 6.45) is 6.14. The molecule has 2 heteroatoms. The zero-order valence-corrected chi connectivity index (χ0v) is 13.0. The van der Waals surface area contributed by atoms with Crippen molar-refractivity contribution < 1.29 is 0 Å². The normalized spacial score (nSPS) is 10.0. The van der Waals surface area contributed by atoms with Crippen LogP contribution in [0.2, 0.25) is 0 Å². The first-order valence-corrected chi connectivity index (χ1v) is 6.39. The van der Waals surface area contributed by atoms with E-state index in [9.17, 15) is 0 Å². The maximum Gasteiger partial charge on any atom is 0.0459 e. The maximum atomic E-state index is 5.46. The van der Waals surface area contributed by atoms with Crippen LogP contribution in [0.15, 0.2) is 48.5 Å². The van der Waals surface area contributed by atoms with Gasteiger partial charge < -0.3 is 4.98 Å². The van der Waals surface area contributed by atoms with Crippen molar-refractivity contribution in [2.75, 3.05) is 0 Å². The number of hydrogen-bond donors (Lipinski definition) is 1. The first-order valence-electron chi connectivity index (χ1n) is 6.39. The van der Waals surface area contributed by atoms with Gasteiger partial charge in [-0.05, 0) is 35.7 Å². The van der Waals surface area contributed by atoms with Crippen LogP contribution in [0, 0.1) is 19.3 Å². The molecular formula is C18H16BrN. The molecule has 0 saturated heterocycles. The van der Waals surface area contributed by atoms with Gasteiger partial charge in [0.1, 0.15) is 0 Å². The van der Waals surface area contributed by atoms with Gasteiger partial charge in [-0.1, -0.05) is 36.4 Å². The highest BCUT2D eigenvalue weighted by molar-refractivity contribution is 8.93. The highest BCUT2D eigenvalue weighted by atomic mass is 79.9. The summed E-state index contributed by atoms with van der Waals surface area (Å²) in [5.74, 6) is 2.74. The molecule has 0 atom stereocenters. The summed E-state index contributed by atoms with van der Waals surface area (Å²) in [4.78, 5) is 3.39. The first-order chi connectivity index (χ1) is 9.29. The number of aromatic amines is 1. The quantitative estimate of drug-likeness (QED) is 0.645. The Balaban J connectivity index is 0.00000147. The predicted molar refractivity (Wildman–Crippen MR) is 91.3 cm³/mol. The van der Waals surface area contributed by atoms with Gasteiger partial charge in [-0.25, -0.2) is 0 Å². The Morgan fingerprint density at radius 3 is 2.50 bits per heavy atom. The summed E-state index contributed by atoms with van der Waals surface area (Å²) < 4.78 is 0. The minimum absolute atomic E-state index is 0. The summed E-state index contributed by atoms with van der Waals surface area (Å²) in [6, 6.07) is 16.9. The van der Waals surface area contributed by atoms with Crippen LogP contribution in [-0.4, -0.2) is 4.98 Å². The number of aryl methyl sites for hydroxylation is 1. The Kier molecular flexibility index (Phi) is 4.32. The molecule has 1 heterocycles. The number of nitrogens with one attached hydrogen (secondary N) is 1. The highest BCUT2D eigenvalue weighted by Gasteiger charge is 2.08. The molecule has 0 spiro atoms. The molecule has 0 aliphatic carbocycles. The topological polar surface area (TPSA) is 15.8 Å². The molecule has 20 heavy (non-hydrogen) atoms. The molecule has 1 aromatic heterocycles. The third-order valence-corrected chi connectivity index (χ3v) is 3.51. The second kappa shape index (κ2) is 5.98. The Bertz CT molecular complexity index is 763. The molecule has 0 fully saturated rings. The zero-order chi connectivity index (χ0) is 13.2. The Morgan fingerprint density at radius 2 is 1.80 bits per heavy atom. The van der Waals surface area contributed by atoms with Gasteiger partial charge in [-0.15, -0.1) is 29.3 Å². The molecule has 3 aromatic rings. The summed E-state index contributed by atoms with van der Waals surface area (Å²) in [6.45, 7) is 2.08. The standard InChI is InChI=1S/C18H15N.BrH/c1-3-7-16-13(2)19-18-11-10-15(12-17(16)18)14-8-5-4-6-9-14;/h1,4-6,8-12,19H,7H2,2H3;1H. The molecule has 100 valence electrons. The van der Waals surface area contributed by atoms with E-state index < -0.39 is 0 Å². The Labute approximate surface area is 129 Å². The van der Waals surface area contributed by atoms with Gasteiger partial charge in [0, 0.05) is 23.0 Å². The number of H-pyrrole nitrogens is 1. The van der Waals surface area contributed by atoms with Crippen molar-refractivity contribution in [3.05, 3.63) is 59.8 Å². The van der Waals surface area contributed by atoms with Crippen molar-refractivity contribution in [1.29, 1.82) is 0 Å². The number of terminal acetylenes is 1. The lowest BCUT2D eigenvalue weighted by Gasteiger charge is -2.02. The lowest BCUT2D eigenvalue weighted by Crippen LogP contribution is -1.83. The van der Waals surface area contributed by atoms with Crippen LogP contribution >= 0.6 is 17.0 Å². The molecule has 0 bridgehead atoms. The van der Waals surface area contributed by atoms with Crippen molar-refractivity contribution in [2.45, 2.75) is 13.3 Å². The van der Waals surface area contributed by atoms with Gasteiger partial charge in [0.15, 0.2) is 0 Å². The number of fused-ring (bicyclic) bond motifs is 1. The largest absolute Gasteiger partial charge is 0.358 e. The minimum Gasteiger partial charge on any atom is -0.358 e. The van der Waals surface area contributed by atoms with E-state index in [4.69, 9.17) is 6.42 Å². The monoisotopic (exact) mass is 325 g/mol. The predicted octanol–water partition coefficient (Wildman–Crippen LogP) is 4.90. The van der Waals surface area contributed by atoms with Crippen molar-refractivity contribution in [3.63, 3.8) is 0 Å². The SMILES string of the molecule is Br.C#CCc1c(C)[nH]c2ccc(-c3ccccc3)cc12. The van der Waals surface area contributed by atoms with Gasteiger partial charge in [0.05, 0.1) is 0 Å². The van der Waals surface area contributed by atoms with E-state index in [0.29, 0.717) is 6.42 Å². The number of halogens is 1. The second-order valence-electron chi connectivity index (χ2n) is 4.74. The van der Waals surface area contributed by atoms with E-state index in [1.807, 2.05) is 6.07 Å². The highest BCUT2D eigenvalue weighted by Crippen LogP contribution is 2.28. The van der Waals surface area contributed by atoms with Crippen LogP contribution in [0.5, 0.6) is 0 Å². The van der Waals surface area contributed by atoms with Crippen LogP contribution in [0.4, 0.5) is 0 Å². The van der Waals surface area contributed by atoms with E-state index in [1.54, 1.807) is 0 Å². The number of aromatic nitrogens is 1. The van der Waals surface area contributed by atoms with E-state index in [2.05, 4.69) is 60.3 Å². The molecule has 1 nitrogen and oxygen atoms in total. The van der Waals surface area contributed by atoms with Crippen molar-refractivity contribution in [1.82, 2.24) is 4.98 Å². The number of benzene rings is 2. The smallest absolute Gasteiger partial charge is 0.0459 e. The number of hydrogen-bond acceptors (Lipinski definition) is 0. The van der Waals surface area contributed by atoms with Gasteiger partial charge in [0.2, 0.25) is 0 Å². The second-order valence-corrected chi connectivity index (χ2v) is 4.74. The molecule has 0 aliphatic rings. The van der Waals surface area contributed by atoms with Crippen LogP contribution in [0.25, 0.3) is 22.0 Å². The van der Waals surface area contributed by atoms with Gasteiger partial charge in [-0.2, -0.15) is 0 Å². The molecule has 2 aromatic carbocycles. The lowest BCUT2D eigenvalue weighted by molar-refractivity contribution is 1.21. The molecule has 0 aliphatic heterocycles. The molecule has 0 unspecified atom stereocenters. The van der Waals surface area contributed by atoms with Gasteiger partial charge >= 0.3 is 0 Å². The number of rotatable bonds is 2. The van der Waals surface area contributed by atoms with Crippen LogP contribution in [-0.2, 0) is 6.42 Å².